The third-order valence-electron chi connectivity index (χ3n) is 2.57. The molecule has 0 aliphatic carbocycles. The van der Waals surface area contributed by atoms with Gasteiger partial charge in [-0.2, -0.15) is 5.26 Å². The minimum atomic E-state index is -3.65. The third-order valence-corrected chi connectivity index (χ3v) is 5.43. The monoisotopic (exact) mass is 307 g/mol. The first-order valence-electron chi connectivity index (χ1n) is 5.72. The van der Waals surface area contributed by atoms with Crippen molar-refractivity contribution in [3.8, 4) is 6.07 Å². The molecule has 1 heterocycles. The molecule has 20 heavy (non-hydrogen) atoms. The molecule has 0 spiro atoms. The first-order valence-corrected chi connectivity index (χ1v) is 8.02. The third kappa shape index (κ3) is 3.10. The molecule has 0 bridgehead atoms. The summed E-state index contributed by atoms with van der Waals surface area (Å²) in [6.45, 7) is 0. The van der Waals surface area contributed by atoms with Gasteiger partial charge in [-0.1, -0.05) is 6.07 Å². The Morgan fingerprint density at radius 2 is 2.00 bits per heavy atom. The quantitative estimate of drug-likeness (QED) is 0.942. The summed E-state index contributed by atoms with van der Waals surface area (Å²) in [4.78, 5) is 2.25. The first kappa shape index (κ1) is 14.4. The van der Waals surface area contributed by atoms with E-state index in [2.05, 4.69) is 4.72 Å². The summed E-state index contributed by atoms with van der Waals surface area (Å²) < 4.78 is 27.0. The van der Waals surface area contributed by atoms with Crippen LogP contribution in [0.25, 0.3) is 0 Å². The van der Waals surface area contributed by atoms with Gasteiger partial charge in [0, 0.05) is 19.8 Å². The summed E-state index contributed by atoms with van der Waals surface area (Å²) in [7, 11) is 0.116. The predicted octanol–water partition coefficient (Wildman–Crippen LogP) is 2.49. The van der Waals surface area contributed by atoms with Crippen molar-refractivity contribution in [2.24, 2.45) is 0 Å². The van der Waals surface area contributed by atoms with Crippen molar-refractivity contribution in [2.75, 3.05) is 23.7 Å². The summed E-state index contributed by atoms with van der Waals surface area (Å²) in [6, 6.07) is 12.0. The second-order valence-corrected chi connectivity index (χ2v) is 7.27. The summed E-state index contributed by atoms with van der Waals surface area (Å²) in [6.07, 6.45) is 0. The second-order valence-electron chi connectivity index (χ2n) is 4.28. The maximum absolute atomic E-state index is 12.2. The molecule has 2 aromatic rings. The zero-order chi connectivity index (χ0) is 14.8. The molecule has 0 aliphatic heterocycles. The highest BCUT2D eigenvalue weighted by atomic mass is 32.2. The highest BCUT2D eigenvalue weighted by molar-refractivity contribution is 7.94. The molecule has 2 rings (SSSR count). The van der Waals surface area contributed by atoms with Crippen LogP contribution in [0.15, 0.2) is 40.6 Å². The predicted molar refractivity (Wildman–Crippen MR) is 80.6 cm³/mol. The first-order chi connectivity index (χ1) is 9.42. The largest absolute Gasteiger partial charge is 0.378 e. The Kier molecular flexibility index (Phi) is 3.97. The number of hydrogen-bond donors (Lipinski definition) is 1. The van der Waals surface area contributed by atoms with Gasteiger partial charge in [0.25, 0.3) is 10.0 Å². The van der Waals surface area contributed by atoms with E-state index in [-0.39, 0.29) is 4.21 Å². The van der Waals surface area contributed by atoms with Crippen LogP contribution in [0.3, 0.4) is 0 Å². The number of anilines is 2. The van der Waals surface area contributed by atoms with E-state index in [1.807, 2.05) is 31.1 Å². The van der Waals surface area contributed by atoms with Gasteiger partial charge < -0.3 is 4.90 Å². The van der Waals surface area contributed by atoms with Crippen LogP contribution in [0.4, 0.5) is 11.4 Å². The van der Waals surface area contributed by atoms with Crippen LogP contribution in [-0.4, -0.2) is 22.5 Å². The van der Waals surface area contributed by atoms with E-state index in [0.29, 0.717) is 10.6 Å². The molecule has 0 aliphatic rings. The lowest BCUT2D eigenvalue weighted by molar-refractivity contribution is 0.603. The van der Waals surface area contributed by atoms with E-state index in [4.69, 9.17) is 5.26 Å². The molecule has 0 unspecified atom stereocenters. The Bertz CT molecular complexity index is 758. The van der Waals surface area contributed by atoms with Crippen LogP contribution in [0.1, 0.15) is 4.88 Å². The van der Waals surface area contributed by atoms with E-state index < -0.39 is 10.0 Å². The van der Waals surface area contributed by atoms with Crippen LogP contribution < -0.4 is 9.62 Å². The number of nitrogens with one attached hydrogen (secondary N) is 1. The Hall–Kier alpha value is -2.04. The molecule has 5 nitrogen and oxygen atoms in total. The molecule has 1 N–H and O–H groups in total. The van der Waals surface area contributed by atoms with Gasteiger partial charge in [-0.15, -0.1) is 11.3 Å². The van der Waals surface area contributed by atoms with Gasteiger partial charge in [-0.25, -0.2) is 8.42 Å². The van der Waals surface area contributed by atoms with Crippen LogP contribution in [0.2, 0.25) is 0 Å². The second kappa shape index (κ2) is 5.53. The van der Waals surface area contributed by atoms with E-state index in [9.17, 15) is 8.42 Å². The molecule has 0 amide bonds. The summed E-state index contributed by atoms with van der Waals surface area (Å²) in [5.41, 5.74) is 1.39. The molecule has 0 fully saturated rings. The number of hydrogen-bond acceptors (Lipinski definition) is 5. The standard InChI is InChI=1S/C13H13N3O2S2/c1-16(2)11-5-3-4-10(8-11)15-20(17,18)13-7-6-12(9-14)19-13/h3-8,15H,1-2H3. The maximum Gasteiger partial charge on any atom is 0.271 e. The zero-order valence-corrected chi connectivity index (χ0v) is 12.6. The lowest BCUT2D eigenvalue weighted by atomic mass is 10.3. The number of nitriles is 1. The van der Waals surface area contributed by atoms with Crippen molar-refractivity contribution in [2.45, 2.75) is 4.21 Å². The van der Waals surface area contributed by atoms with Gasteiger partial charge in [0.2, 0.25) is 0 Å². The smallest absolute Gasteiger partial charge is 0.271 e. The summed E-state index contributed by atoms with van der Waals surface area (Å²) in [5, 5.41) is 8.74. The normalized spacial score (nSPS) is 10.8. The van der Waals surface area contributed by atoms with E-state index in [1.54, 1.807) is 18.2 Å². The lowest BCUT2D eigenvalue weighted by Crippen LogP contribution is -2.13. The Labute approximate surface area is 122 Å². The molecular formula is C13H13N3O2S2. The fourth-order valence-corrected chi connectivity index (χ4v) is 3.73. The topological polar surface area (TPSA) is 73.2 Å². The average molecular weight is 307 g/mol. The SMILES string of the molecule is CN(C)c1cccc(NS(=O)(=O)c2ccc(C#N)s2)c1. The van der Waals surface area contributed by atoms with Crippen molar-refractivity contribution in [3.05, 3.63) is 41.3 Å². The molecule has 0 saturated heterocycles. The van der Waals surface area contributed by atoms with Gasteiger partial charge >= 0.3 is 0 Å². The number of benzene rings is 1. The molecular weight excluding hydrogens is 294 g/mol. The van der Waals surface area contributed by atoms with Gasteiger partial charge in [-0.05, 0) is 30.3 Å². The number of nitrogens with zero attached hydrogens (tertiary/aromatic N) is 2. The Morgan fingerprint density at radius 1 is 1.25 bits per heavy atom. The van der Waals surface area contributed by atoms with Crippen molar-refractivity contribution >= 4 is 32.7 Å². The minimum Gasteiger partial charge on any atom is -0.378 e. The molecule has 0 atom stereocenters. The van der Waals surface area contributed by atoms with Gasteiger partial charge in [0.05, 0.1) is 5.69 Å². The fourth-order valence-electron chi connectivity index (χ4n) is 1.58. The lowest BCUT2D eigenvalue weighted by Gasteiger charge is -2.14. The van der Waals surface area contributed by atoms with Crippen molar-refractivity contribution in [3.63, 3.8) is 0 Å². The van der Waals surface area contributed by atoms with Crippen LogP contribution in [0.5, 0.6) is 0 Å². The molecule has 0 radical (unpaired) electrons. The Balaban J connectivity index is 2.29. The number of sulfonamides is 1. The molecule has 7 heteroatoms. The van der Waals surface area contributed by atoms with Crippen molar-refractivity contribution in [1.29, 1.82) is 5.26 Å². The number of rotatable bonds is 4. The van der Waals surface area contributed by atoms with Crippen LogP contribution in [-0.2, 0) is 10.0 Å². The van der Waals surface area contributed by atoms with Gasteiger partial charge in [-0.3, -0.25) is 4.72 Å². The van der Waals surface area contributed by atoms with E-state index in [0.717, 1.165) is 17.0 Å². The van der Waals surface area contributed by atoms with Crippen LogP contribution >= 0.6 is 11.3 Å². The summed E-state index contributed by atoms with van der Waals surface area (Å²) in [5.74, 6) is 0. The fraction of sp³-hybridized carbons (Fsp3) is 0.154. The Morgan fingerprint density at radius 3 is 2.60 bits per heavy atom. The van der Waals surface area contributed by atoms with Crippen LogP contribution in [0, 0.1) is 11.3 Å². The molecule has 104 valence electrons. The molecule has 0 saturated carbocycles. The van der Waals surface area contributed by atoms with E-state index >= 15 is 0 Å². The van der Waals surface area contributed by atoms with Gasteiger partial charge in [0.15, 0.2) is 0 Å². The average Bonchev–Trinajstić information content (AvgIpc) is 2.88. The highest BCUT2D eigenvalue weighted by Gasteiger charge is 2.17. The van der Waals surface area contributed by atoms with E-state index in [1.165, 1.54) is 12.1 Å². The van der Waals surface area contributed by atoms with Gasteiger partial charge in [0.1, 0.15) is 15.2 Å². The van der Waals surface area contributed by atoms with Crippen molar-refractivity contribution < 1.29 is 8.42 Å². The minimum absolute atomic E-state index is 0.129. The highest BCUT2D eigenvalue weighted by Crippen LogP contribution is 2.25. The summed E-state index contributed by atoms with van der Waals surface area (Å²) >= 11 is 0.948. The zero-order valence-electron chi connectivity index (χ0n) is 11.0. The molecule has 1 aromatic heterocycles. The maximum atomic E-state index is 12.2. The molecule has 1 aromatic carbocycles. The number of thiophene rings is 1. The van der Waals surface area contributed by atoms with Crippen molar-refractivity contribution in [1.82, 2.24) is 0 Å².